The second-order valence-corrected chi connectivity index (χ2v) is 3.46. The zero-order valence-corrected chi connectivity index (χ0v) is 9.53. The van der Waals surface area contributed by atoms with E-state index in [2.05, 4.69) is 42.2 Å². The van der Waals surface area contributed by atoms with Crippen molar-refractivity contribution in [3.8, 4) is 0 Å². The molecule has 0 bridgehead atoms. The molecule has 0 N–H and O–H groups in total. The van der Waals surface area contributed by atoms with Crippen molar-refractivity contribution in [2.24, 2.45) is 0 Å². The molecule has 78 valence electrons. The van der Waals surface area contributed by atoms with Crippen molar-refractivity contribution in [3.05, 3.63) is 35.9 Å². The first kappa shape index (κ1) is 11.3. The summed E-state index contributed by atoms with van der Waals surface area (Å²) >= 11 is 0. The monoisotopic (exact) mass is 191 g/mol. The molecule has 0 radical (unpaired) electrons. The Labute approximate surface area is 87.7 Å². The molecule has 0 atom stereocenters. The molecule has 0 amide bonds. The highest BCUT2D eigenvalue weighted by Crippen LogP contribution is 2.25. The number of rotatable bonds is 2. The van der Waals surface area contributed by atoms with Gasteiger partial charge >= 0.3 is 0 Å². The fraction of sp³-hybridized carbons (Fsp3) is 0.538. The molecule has 1 aliphatic heterocycles. The largest absolute Gasteiger partial charge is 0.302 e. The van der Waals surface area contributed by atoms with Crippen molar-refractivity contribution in [2.45, 2.75) is 26.7 Å². The van der Waals surface area contributed by atoms with Gasteiger partial charge < -0.3 is 4.90 Å². The molecule has 2 rings (SSSR count). The molecule has 1 heteroatoms. The highest BCUT2D eigenvalue weighted by atomic mass is 15.2. The normalized spacial score (nSPS) is 16.8. The van der Waals surface area contributed by atoms with E-state index in [0.29, 0.717) is 0 Å². The third kappa shape index (κ3) is 2.58. The van der Waals surface area contributed by atoms with Crippen molar-refractivity contribution in [3.63, 3.8) is 0 Å². The molecule has 1 aliphatic rings. The Morgan fingerprint density at radius 3 is 2.21 bits per heavy atom. The van der Waals surface area contributed by atoms with Crippen molar-refractivity contribution in [1.82, 2.24) is 4.90 Å². The highest BCUT2D eigenvalue weighted by molar-refractivity contribution is 5.22. The smallest absolute Gasteiger partial charge is 0.00936 e. The van der Waals surface area contributed by atoms with E-state index in [-0.39, 0.29) is 0 Å². The van der Waals surface area contributed by atoms with Gasteiger partial charge in [0, 0.05) is 19.0 Å². The maximum absolute atomic E-state index is 2.47. The van der Waals surface area contributed by atoms with E-state index in [9.17, 15) is 0 Å². The van der Waals surface area contributed by atoms with Crippen molar-refractivity contribution < 1.29 is 0 Å². The van der Waals surface area contributed by atoms with Gasteiger partial charge in [-0.2, -0.15) is 0 Å². The lowest BCUT2D eigenvalue weighted by atomic mass is 9.92. The Morgan fingerprint density at radius 1 is 1.14 bits per heavy atom. The lowest BCUT2D eigenvalue weighted by molar-refractivity contribution is 0.157. The lowest BCUT2D eigenvalue weighted by Crippen LogP contribution is -2.44. The SMILES string of the molecule is CC.CCN1CC(c2ccccc2)C1. The Morgan fingerprint density at radius 2 is 1.71 bits per heavy atom. The average molecular weight is 191 g/mol. The van der Waals surface area contributed by atoms with Gasteiger partial charge in [-0.25, -0.2) is 0 Å². The van der Waals surface area contributed by atoms with Gasteiger partial charge in [-0.15, -0.1) is 0 Å². The van der Waals surface area contributed by atoms with Crippen LogP contribution in [0.2, 0.25) is 0 Å². The van der Waals surface area contributed by atoms with Gasteiger partial charge in [-0.05, 0) is 12.1 Å². The van der Waals surface area contributed by atoms with Crippen LogP contribution in [0.5, 0.6) is 0 Å². The van der Waals surface area contributed by atoms with Crippen molar-refractivity contribution in [1.29, 1.82) is 0 Å². The first-order valence-corrected chi connectivity index (χ1v) is 5.67. The van der Waals surface area contributed by atoms with Gasteiger partial charge in [-0.1, -0.05) is 51.1 Å². The fourth-order valence-corrected chi connectivity index (χ4v) is 1.76. The van der Waals surface area contributed by atoms with E-state index in [4.69, 9.17) is 0 Å². The van der Waals surface area contributed by atoms with E-state index in [1.807, 2.05) is 13.8 Å². The summed E-state index contributed by atoms with van der Waals surface area (Å²) in [5.41, 5.74) is 1.50. The van der Waals surface area contributed by atoms with Crippen LogP contribution in [0.3, 0.4) is 0 Å². The molecule has 1 aromatic rings. The van der Waals surface area contributed by atoms with Crippen LogP contribution in [0, 0.1) is 0 Å². The third-order valence-corrected chi connectivity index (χ3v) is 2.68. The Balaban J connectivity index is 0.000000461. The summed E-state index contributed by atoms with van der Waals surface area (Å²) in [5.74, 6) is 0.797. The number of hydrogen-bond donors (Lipinski definition) is 0. The topological polar surface area (TPSA) is 3.24 Å². The minimum absolute atomic E-state index is 0.797. The number of likely N-dealkylation sites (tertiary alicyclic amines) is 1. The zero-order chi connectivity index (χ0) is 10.4. The van der Waals surface area contributed by atoms with Gasteiger partial charge in [0.1, 0.15) is 0 Å². The average Bonchev–Trinajstić information content (AvgIpc) is 2.21. The van der Waals surface area contributed by atoms with E-state index in [0.717, 1.165) is 5.92 Å². The molecular weight excluding hydrogens is 170 g/mol. The third-order valence-electron chi connectivity index (χ3n) is 2.68. The molecule has 1 nitrogen and oxygen atoms in total. The summed E-state index contributed by atoms with van der Waals surface area (Å²) in [6.07, 6.45) is 0. The molecular formula is C13H21N. The fourth-order valence-electron chi connectivity index (χ4n) is 1.76. The number of nitrogens with zero attached hydrogens (tertiary/aromatic N) is 1. The molecule has 1 aromatic carbocycles. The van der Waals surface area contributed by atoms with Crippen LogP contribution in [0.4, 0.5) is 0 Å². The van der Waals surface area contributed by atoms with Gasteiger partial charge in [-0.3, -0.25) is 0 Å². The van der Waals surface area contributed by atoms with E-state index >= 15 is 0 Å². The maximum atomic E-state index is 2.47. The Bertz CT molecular complexity index is 237. The summed E-state index contributed by atoms with van der Waals surface area (Å²) in [6, 6.07) is 10.8. The second-order valence-electron chi connectivity index (χ2n) is 3.46. The maximum Gasteiger partial charge on any atom is 0.00936 e. The zero-order valence-electron chi connectivity index (χ0n) is 9.53. The van der Waals surface area contributed by atoms with Crippen LogP contribution in [0.1, 0.15) is 32.3 Å². The molecule has 1 fully saturated rings. The van der Waals surface area contributed by atoms with Crippen LogP contribution >= 0.6 is 0 Å². The number of hydrogen-bond acceptors (Lipinski definition) is 1. The molecule has 0 aromatic heterocycles. The van der Waals surface area contributed by atoms with Crippen molar-refractivity contribution in [2.75, 3.05) is 19.6 Å². The Kier molecular flexibility index (Phi) is 4.68. The summed E-state index contributed by atoms with van der Waals surface area (Å²) < 4.78 is 0. The quantitative estimate of drug-likeness (QED) is 0.694. The predicted molar refractivity (Wildman–Crippen MR) is 62.6 cm³/mol. The minimum Gasteiger partial charge on any atom is -0.302 e. The molecule has 0 saturated carbocycles. The second kappa shape index (κ2) is 5.82. The number of benzene rings is 1. The molecule has 1 heterocycles. The highest BCUT2D eigenvalue weighted by Gasteiger charge is 2.25. The van der Waals surface area contributed by atoms with Gasteiger partial charge in [0.2, 0.25) is 0 Å². The van der Waals surface area contributed by atoms with Crippen LogP contribution in [-0.2, 0) is 0 Å². The molecule has 1 saturated heterocycles. The predicted octanol–water partition coefficient (Wildman–Crippen LogP) is 3.13. The lowest BCUT2D eigenvalue weighted by Gasteiger charge is -2.38. The summed E-state index contributed by atoms with van der Waals surface area (Å²) in [6.45, 7) is 9.92. The molecule has 14 heavy (non-hydrogen) atoms. The van der Waals surface area contributed by atoms with Crippen molar-refractivity contribution >= 4 is 0 Å². The first-order valence-electron chi connectivity index (χ1n) is 5.67. The van der Waals surface area contributed by atoms with E-state index < -0.39 is 0 Å². The van der Waals surface area contributed by atoms with Crippen LogP contribution in [-0.4, -0.2) is 24.5 Å². The van der Waals surface area contributed by atoms with Gasteiger partial charge in [0.15, 0.2) is 0 Å². The summed E-state index contributed by atoms with van der Waals surface area (Å²) in [7, 11) is 0. The molecule has 0 unspecified atom stereocenters. The van der Waals surface area contributed by atoms with E-state index in [1.165, 1.54) is 25.2 Å². The standard InChI is InChI=1S/C11H15N.C2H6/c1-2-12-8-11(9-12)10-6-4-3-5-7-10;1-2/h3-7,11H,2,8-9H2,1H3;1-2H3. The van der Waals surface area contributed by atoms with Crippen LogP contribution < -0.4 is 0 Å². The van der Waals surface area contributed by atoms with Gasteiger partial charge in [0.05, 0.1) is 0 Å². The van der Waals surface area contributed by atoms with Gasteiger partial charge in [0.25, 0.3) is 0 Å². The first-order chi connectivity index (χ1) is 6.90. The van der Waals surface area contributed by atoms with Crippen LogP contribution in [0.25, 0.3) is 0 Å². The van der Waals surface area contributed by atoms with Crippen LogP contribution in [0.15, 0.2) is 30.3 Å². The summed E-state index contributed by atoms with van der Waals surface area (Å²) in [4.78, 5) is 2.47. The Hall–Kier alpha value is -0.820. The number of likely N-dealkylation sites (N-methyl/N-ethyl adjacent to an activating group) is 1. The minimum atomic E-state index is 0.797. The van der Waals surface area contributed by atoms with E-state index in [1.54, 1.807) is 0 Å². The summed E-state index contributed by atoms with van der Waals surface area (Å²) in [5, 5.41) is 0. The molecule has 0 aliphatic carbocycles. The molecule has 0 spiro atoms.